The van der Waals surface area contributed by atoms with Gasteiger partial charge < -0.3 is 5.73 Å². The Labute approximate surface area is 92.6 Å². The fraction of sp³-hybridized carbons (Fsp3) is 0.143. The van der Waals surface area contributed by atoms with Crippen LogP contribution in [0.3, 0.4) is 0 Å². The lowest BCUT2D eigenvalue weighted by atomic mass is 10.0. The Hall–Kier alpha value is -1.76. The van der Waals surface area contributed by atoms with E-state index in [1.54, 1.807) is 0 Å². The van der Waals surface area contributed by atoms with Gasteiger partial charge in [0.15, 0.2) is 0 Å². The van der Waals surface area contributed by atoms with E-state index in [4.69, 9.17) is 5.73 Å². The summed E-state index contributed by atoms with van der Waals surface area (Å²) in [7, 11) is 0. The lowest BCUT2D eigenvalue weighted by molar-refractivity contribution is 1.16. The first-order chi connectivity index (χ1) is 7.27. The van der Waals surface area contributed by atoms with E-state index in [1.165, 1.54) is 11.1 Å². The van der Waals surface area contributed by atoms with Crippen LogP contribution in [0.15, 0.2) is 56.7 Å². The summed E-state index contributed by atoms with van der Waals surface area (Å²) in [4.78, 5) is 0. The van der Waals surface area contributed by atoms with Crippen molar-refractivity contribution in [1.29, 1.82) is 0 Å². The molecule has 15 heavy (non-hydrogen) atoms. The summed E-state index contributed by atoms with van der Waals surface area (Å²) in [6, 6.07) is 5.97. The van der Waals surface area contributed by atoms with Crippen LogP contribution in [0.25, 0.3) is 0 Å². The highest BCUT2D eigenvalue weighted by molar-refractivity contribution is 5.45. The monoisotopic (exact) mass is 201 g/mol. The van der Waals surface area contributed by atoms with Gasteiger partial charge in [-0.05, 0) is 36.1 Å². The molecule has 0 aliphatic heterocycles. The third-order valence-electron chi connectivity index (χ3n) is 1.96. The van der Waals surface area contributed by atoms with Crippen LogP contribution in [0.4, 0.5) is 5.69 Å². The first kappa shape index (κ1) is 13.2. The van der Waals surface area contributed by atoms with E-state index in [1.807, 2.05) is 24.3 Å². The fourth-order valence-corrected chi connectivity index (χ4v) is 1.35. The summed E-state index contributed by atoms with van der Waals surface area (Å²) in [5, 5.41) is 0. The molecule has 0 aliphatic rings. The van der Waals surface area contributed by atoms with Crippen LogP contribution in [-0.2, 0) is 12.8 Å². The highest BCUT2D eigenvalue weighted by Crippen LogP contribution is 2.15. The van der Waals surface area contributed by atoms with E-state index in [0.717, 1.165) is 18.5 Å². The molecule has 1 heteroatoms. The molecule has 0 saturated heterocycles. The van der Waals surface area contributed by atoms with Crippen molar-refractivity contribution in [2.75, 3.05) is 5.73 Å². The van der Waals surface area contributed by atoms with Crippen LogP contribution >= 0.6 is 0 Å². The Morgan fingerprint density at radius 2 is 1.53 bits per heavy atom. The van der Waals surface area contributed by atoms with Gasteiger partial charge in [0.05, 0.1) is 0 Å². The molecule has 0 unspecified atom stereocenters. The summed E-state index contributed by atoms with van der Waals surface area (Å²) in [5.74, 6) is 0. The molecule has 2 N–H and O–H groups in total. The second-order valence-corrected chi connectivity index (χ2v) is 3.01. The zero-order valence-electron chi connectivity index (χ0n) is 9.21. The van der Waals surface area contributed by atoms with Gasteiger partial charge in [0.2, 0.25) is 0 Å². The standard InChI is InChI=1S/C12H15N.C2H4/c1-3-5-10-7-8-12(13)9-11(10)6-4-2;1-2/h3-4,7-9H,1-2,5-6,13H2;1-2H2. The molecule has 1 nitrogen and oxygen atoms in total. The minimum atomic E-state index is 0.810. The summed E-state index contributed by atoms with van der Waals surface area (Å²) in [6.07, 6.45) is 5.55. The highest BCUT2D eigenvalue weighted by Gasteiger charge is 1.99. The molecule has 0 radical (unpaired) electrons. The van der Waals surface area contributed by atoms with Crippen molar-refractivity contribution in [3.8, 4) is 0 Å². The Bertz CT molecular complexity index is 326. The largest absolute Gasteiger partial charge is 0.399 e. The topological polar surface area (TPSA) is 26.0 Å². The number of hydrogen-bond donors (Lipinski definition) is 1. The quantitative estimate of drug-likeness (QED) is 0.585. The zero-order valence-corrected chi connectivity index (χ0v) is 9.21. The van der Waals surface area contributed by atoms with E-state index < -0.39 is 0 Å². The van der Waals surface area contributed by atoms with Gasteiger partial charge in [-0.25, -0.2) is 0 Å². The predicted molar refractivity (Wildman–Crippen MR) is 69.9 cm³/mol. The number of anilines is 1. The fourth-order valence-electron chi connectivity index (χ4n) is 1.35. The van der Waals surface area contributed by atoms with Crippen molar-refractivity contribution in [3.05, 3.63) is 67.8 Å². The van der Waals surface area contributed by atoms with Crippen LogP contribution in [0.2, 0.25) is 0 Å². The molecule has 0 spiro atoms. The maximum absolute atomic E-state index is 5.69. The average Bonchev–Trinajstić information content (AvgIpc) is 2.26. The van der Waals surface area contributed by atoms with E-state index in [-0.39, 0.29) is 0 Å². The summed E-state index contributed by atoms with van der Waals surface area (Å²) < 4.78 is 0. The van der Waals surface area contributed by atoms with Gasteiger partial charge in [0.25, 0.3) is 0 Å². The first-order valence-electron chi connectivity index (χ1n) is 4.87. The summed E-state index contributed by atoms with van der Waals surface area (Å²) >= 11 is 0. The molecule has 0 aliphatic carbocycles. The normalized spacial score (nSPS) is 8.53. The molecule has 1 aromatic rings. The highest BCUT2D eigenvalue weighted by atomic mass is 14.5. The molecule has 0 atom stereocenters. The van der Waals surface area contributed by atoms with E-state index >= 15 is 0 Å². The molecule has 0 aromatic heterocycles. The van der Waals surface area contributed by atoms with Crippen LogP contribution in [-0.4, -0.2) is 0 Å². The zero-order chi connectivity index (χ0) is 11.7. The van der Waals surface area contributed by atoms with Crippen molar-refractivity contribution >= 4 is 5.69 Å². The minimum absolute atomic E-state index is 0.810. The molecule has 1 rings (SSSR count). The van der Waals surface area contributed by atoms with Gasteiger partial charge in [0.1, 0.15) is 0 Å². The predicted octanol–water partition coefficient (Wildman–Crippen LogP) is 3.53. The van der Waals surface area contributed by atoms with Gasteiger partial charge in [-0.15, -0.1) is 26.3 Å². The second-order valence-electron chi connectivity index (χ2n) is 3.01. The molecule has 0 heterocycles. The lowest BCUT2D eigenvalue weighted by Crippen LogP contribution is -1.94. The molecule has 0 fully saturated rings. The molecule has 0 bridgehead atoms. The van der Waals surface area contributed by atoms with Crippen LogP contribution in [0, 0.1) is 0 Å². The SMILES string of the molecule is C=C.C=CCc1ccc(N)cc1CC=C. The Morgan fingerprint density at radius 3 is 2.07 bits per heavy atom. The molecule has 0 saturated carbocycles. The van der Waals surface area contributed by atoms with Crippen molar-refractivity contribution < 1.29 is 0 Å². The number of allylic oxidation sites excluding steroid dienone is 2. The molecule has 80 valence electrons. The maximum Gasteiger partial charge on any atom is 0.0317 e. The molecular formula is C14H19N. The van der Waals surface area contributed by atoms with Crippen molar-refractivity contribution in [1.82, 2.24) is 0 Å². The third kappa shape index (κ3) is 4.32. The third-order valence-corrected chi connectivity index (χ3v) is 1.96. The number of nitrogen functional groups attached to an aromatic ring is 1. The minimum Gasteiger partial charge on any atom is -0.399 e. The van der Waals surface area contributed by atoms with Crippen molar-refractivity contribution in [3.63, 3.8) is 0 Å². The Balaban J connectivity index is 0.000000921. The molecule has 1 aromatic carbocycles. The van der Waals surface area contributed by atoms with Gasteiger partial charge in [-0.2, -0.15) is 0 Å². The number of rotatable bonds is 4. The number of nitrogens with two attached hydrogens (primary N) is 1. The Morgan fingerprint density at radius 1 is 1.00 bits per heavy atom. The van der Waals surface area contributed by atoms with Gasteiger partial charge in [-0.1, -0.05) is 18.2 Å². The Kier molecular flexibility index (Phi) is 6.73. The van der Waals surface area contributed by atoms with Crippen LogP contribution < -0.4 is 5.73 Å². The molecular weight excluding hydrogens is 182 g/mol. The van der Waals surface area contributed by atoms with E-state index in [2.05, 4.69) is 32.4 Å². The second kappa shape index (κ2) is 7.63. The van der Waals surface area contributed by atoms with Crippen LogP contribution in [0.5, 0.6) is 0 Å². The van der Waals surface area contributed by atoms with Gasteiger partial charge in [-0.3, -0.25) is 0 Å². The van der Waals surface area contributed by atoms with Crippen LogP contribution in [0.1, 0.15) is 11.1 Å². The first-order valence-corrected chi connectivity index (χ1v) is 4.87. The van der Waals surface area contributed by atoms with Crippen molar-refractivity contribution in [2.45, 2.75) is 12.8 Å². The summed E-state index contributed by atoms with van der Waals surface area (Å²) in [6.45, 7) is 13.4. The lowest BCUT2D eigenvalue weighted by Gasteiger charge is -2.06. The van der Waals surface area contributed by atoms with Gasteiger partial charge >= 0.3 is 0 Å². The summed E-state index contributed by atoms with van der Waals surface area (Å²) in [5.41, 5.74) is 9.03. The molecule has 0 amide bonds. The number of hydrogen-bond acceptors (Lipinski definition) is 1. The van der Waals surface area contributed by atoms with E-state index in [9.17, 15) is 0 Å². The van der Waals surface area contributed by atoms with E-state index in [0.29, 0.717) is 0 Å². The maximum atomic E-state index is 5.69. The van der Waals surface area contributed by atoms with Crippen molar-refractivity contribution in [2.24, 2.45) is 0 Å². The number of benzene rings is 1. The average molecular weight is 201 g/mol. The van der Waals surface area contributed by atoms with Gasteiger partial charge in [0, 0.05) is 5.69 Å². The smallest absolute Gasteiger partial charge is 0.0317 e.